The Morgan fingerprint density at radius 1 is 1.21 bits per heavy atom. The fraction of sp³-hybridized carbons (Fsp3) is 0.538. The molecule has 0 radical (unpaired) electrons. The summed E-state index contributed by atoms with van der Waals surface area (Å²) < 4.78 is 0. The lowest BCUT2D eigenvalue weighted by Gasteiger charge is -2.28. The Hall–Kier alpha value is -0.820. The van der Waals surface area contributed by atoms with E-state index in [4.69, 9.17) is 5.73 Å². The molecular formula is C13H21N. The Labute approximate surface area is 87.3 Å². The molecule has 1 aromatic rings. The van der Waals surface area contributed by atoms with E-state index in [9.17, 15) is 0 Å². The monoisotopic (exact) mass is 191 g/mol. The van der Waals surface area contributed by atoms with Crippen molar-refractivity contribution >= 4 is 0 Å². The molecule has 0 fully saturated rings. The van der Waals surface area contributed by atoms with Crippen molar-refractivity contribution in [3.05, 3.63) is 35.4 Å². The lowest BCUT2D eigenvalue weighted by Crippen LogP contribution is -2.25. The average molecular weight is 191 g/mol. The van der Waals surface area contributed by atoms with E-state index in [1.54, 1.807) is 0 Å². The normalized spacial score (nSPS) is 24.6. The molecular weight excluding hydrogens is 170 g/mol. The Balaban J connectivity index is 0.000000461. The van der Waals surface area contributed by atoms with Gasteiger partial charge in [-0.05, 0) is 29.9 Å². The van der Waals surface area contributed by atoms with E-state index < -0.39 is 0 Å². The SMILES string of the molecule is CC.CC1CCc2ccccc2C1N. The van der Waals surface area contributed by atoms with E-state index in [-0.39, 0.29) is 6.04 Å². The van der Waals surface area contributed by atoms with Gasteiger partial charge in [0, 0.05) is 6.04 Å². The van der Waals surface area contributed by atoms with Crippen LogP contribution < -0.4 is 5.73 Å². The van der Waals surface area contributed by atoms with Crippen LogP contribution in [0.1, 0.15) is 44.4 Å². The highest BCUT2D eigenvalue weighted by Gasteiger charge is 2.22. The molecule has 0 aliphatic heterocycles. The molecule has 2 rings (SSSR count). The molecule has 2 atom stereocenters. The second-order valence-electron chi connectivity index (χ2n) is 3.74. The van der Waals surface area contributed by atoms with Gasteiger partial charge in [0.25, 0.3) is 0 Å². The van der Waals surface area contributed by atoms with Crippen LogP contribution in [0.5, 0.6) is 0 Å². The van der Waals surface area contributed by atoms with Gasteiger partial charge in [-0.25, -0.2) is 0 Å². The number of aryl methyl sites for hydroxylation is 1. The van der Waals surface area contributed by atoms with Gasteiger partial charge in [-0.2, -0.15) is 0 Å². The van der Waals surface area contributed by atoms with Crippen LogP contribution in [0.15, 0.2) is 24.3 Å². The van der Waals surface area contributed by atoms with Crippen molar-refractivity contribution in [1.82, 2.24) is 0 Å². The van der Waals surface area contributed by atoms with E-state index in [2.05, 4.69) is 31.2 Å². The van der Waals surface area contributed by atoms with Crippen molar-refractivity contribution in [1.29, 1.82) is 0 Å². The van der Waals surface area contributed by atoms with Crippen LogP contribution >= 0.6 is 0 Å². The number of hydrogen-bond acceptors (Lipinski definition) is 1. The molecule has 1 aromatic carbocycles. The second-order valence-corrected chi connectivity index (χ2v) is 3.74. The molecule has 0 heterocycles. The molecule has 1 nitrogen and oxygen atoms in total. The van der Waals surface area contributed by atoms with E-state index >= 15 is 0 Å². The maximum absolute atomic E-state index is 6.09. The number of rotatable bonds is 0. The first kappa shape index (κ1) is 11.3. The van der Waals surface area contributed by atoms with Gasteiger partial charge < -0.3 is 5.73 Å². The summed E-state index contributed by atoms with van der Waals surface area (Å²) in [6.07, 6.45) is 2.43. The number of benzene rings is 1. The Morgan fingerprint density at radius 2 is 1.86 bits per heavy atom. The maximum Gasteiger partial charge on any atom is 0.0323 e. The fourth-order valence-electron chi connectivity index (χ4n) is 1.96. The highest BCUT2D eigenvalue weighted by molar-refractivity contribution is 5.32. The van der Waals surface area contributed by atoms with Gasteiger partial charge in [0.1, 0.15) is 0 Å². The number of fused-ring (bicyclic) bond motifs is 1. The summed E-state index contributed by atoms with van der Waals surface area (Å²) in [7, 11) is 0. The third-order valence-electron chi connectivity index (χ3n) is 2.90. The minimum atomic E-state index is 0.259. The first-order chi connectivity index (χ1) is 6.79. The van der Waals surface area contributed by atoms with Crippen molar-refractivity contribution < 1.29 is 0 Å². The third kappa shape index (κ3) is 2.16. The minimum absolute atomic E-state index is 0.259. The Kier molecular flexibility index (Phi) is 4.15. The van der Waals surface area contributed by atoms with Crippen molar-refractivity contribution in [3.8, 4) is 0 Å². The summed E-state index contributed by atoms with van der Waals surface area (Å²) in [4.78, 5) is 0. The van der Waals surface area contributed by atoms with Crippen LogP contribution in [-0.2, 0) is 6.42 Å². The summed E-state index contributed by atoms with van der Waals surface area (Å²) in [6, 6.07) is 8.80. The van der Waals surface area contributed by atoms with Crippen LogP contribution in [-0.4, -0.2) is 0 Å². The summed E-state index contributed by atoms with van der Waals surface area (Å²) in [6.45, 7) is 6.24. The summed E-state index contributed by atoms with van der Waals surface area (Å²) in [5.74, 6) is 0.639. The van der Waals surface area contributed by atoms with Crippen LogP contribution in [0.25, 0.3) is 0 Å². The molecule has 0 spiro atoms. The van der Waals surface area contributed by atoms with Crippen molar-refractivity contribution in [2.45, 2.75) is 39.7 Å². The zero-order valence-electron chi connectivity index (χ0n) is 9.46. The quantitative estimate of drug-likeness (QED) is 0.669. The second kappa shape index (κ2) is 5.16. The fourth-order valence-corrected chi connectivity index (χ4v) is 1.96. The van der Waals surface area contributed by atoms with Gasteiger partial charge in [-0.15, -0.1) is 0 Å². The number of hydrogen-bond donors (Lipinski definition) is 1. The van der Waals surface area contributed by atoms with Gasteiger partial charge in [0.15, 0.2) is 0 Å². The summed E-state index contributed by atoms with van der Waals surface area (Å²) >= 11 is 0. The topological polar surface area (TPSA) is 26.0 Å². The predicted octanol–water partition coefficient (Wildman–Crippen LogP) is 3.29. The van der Waals surface area contributed by atoms with Crippen LogP contribution in [0.2, 0.25) is 0 Å². The highest BCUT2D eigenvalue weighted by Crippen LogP contribution is 2.31. The molecule has 1 aliphatic rings. The standard InChI is InChI=1S/C11H15N.C2H6/c1-8-6-7-9-4-2-3-5-10(9)11(8)12;1-2/h2-5,8,11H,6-7,12H2,1H3;1-2H3. The largest absolute Gasteiger partial charge is 0.324 e. The molecule has 14 heavy (non-hydrogen) atoms. The smallest absolute Gasteiger partial charge is 0.0323 e. The van der Waals surface area contributed by atoms with Gasteiger partial charge in [0.2, 0.25) is 0 Å². The Morgan fingerprint density at radius 3 is 2.57 bits per heavy atom. The molecule has 78 valence electrons. The predicted molar refractivity (Wildman–Crippen MR) is 62.2 cm³/mol. The maximum atomic E-state index is 6.09. The van der Waals surface area contributed by atoms with Crippen molar-refractivity contribution in [3.63, 3.8) is 0 Å². The first-order valence-electron chi connectivity index (χ1n) is 5.62. The number of nitrogens with two attached hydrogens (primary N) is 1. The molecule has 0 amide bonds. The summed E-state index contributed by atoms with van der Waals surface area (Å²) in [5, 5.41) is 0. The first-order valence-corrected chi connectivity index (χ1v) is 5.62. The molecule has 1 heteroatoms. The Bertz CT molecular complexity index is 280. The van der Waals surface area contributed by atoms with E-state index in [0.29, 0.717) is 5.92 Å². The van der Waals surface area contributed by atoms with Crippen molar-refractivity contribution in [2.75, 3.05) is 0 Å². The third-order valence-corrected chi connectivity index (χ3v) is 2.90. The summed E-state index contributed by atoms with van der Waals surface area (Å²) in [5.41, 5.74) is 8.89. The lowest BCUT2D eigenvalue weighted by molar-refractivity contribution is 0.412. The highest BCUT2D eigenvalue weighted by atomic mass is 14.7. The van der Waals surface area contributed by atoms with Gasteiger partial charge in [-0.1, -0.05) is 45.0 Å². The lowest BCUT2D eigenvalue weighted by atomic mass is 9.81. The molecule has 0 saturated heterocycles. The zero-order chi connectivity index (χ0) is 10.6. The van der Waals surface area contributed by atoms with Gasteiger partial charge in [-0.3, -0.25) is 0 Å². The van der Waals surface area contributed by atoms with E-state index in [0.717, 1.165) is 0 Å². The zero-order valence-corrected chi connectivity index (χ0v) is 9.46. The van der Waals surface area contributed by atoms with Crippen LogP contribution in [0.3, 0.4) is 0 Å². The van der Waals surface area contributed by atoms with Gasteiger partial charge in [0.05, 0.1) is 0 Å². The van der Waals surface area contributed by atoms with E-state index in [1.165, 1.54) is 24.0 Å². The van der Waals surface area contributed by atoms with E-state index in [1.807, 2.05) is 13.8 Å². The molecule has 0 bridgehead atoms. The molecule has 0 aromatic heterocycles. The molecule has 2 N–H and O–H groups in total. The average Bonchev–Trinajstić information content (AvgIpc) is 2.27. The van der Waals surface area contributed by atoms with Gasteiger partial charge >= 0.3 is 0 Å². The van der Waals surface area contributed by atoms with Crippen molar-refractivity contribution in [2.24, 2.45) is 11.7 Å². The minimum Gasteiger partial charge on any atom is -0.324 e. The van der Waals surface area contributed by atoms with Crippen LogP contribution in [0, 0.1) is 5.92 Å². The molecule has 2 unspecified atom stereocenters. The molecule has 0 saturated carbocycles. The molecule has 1 aliphatic carbocycles. The van der Waals surface area contributed by atoms with Crippen LogP contribution in [0.4, 0.5) is 0 Å².